The Morgan fingerprint density at radius 2 is 1.71 bits per heavy atom. The number of carbonyl (C=O) groups excluding carboxylic acids is 2. The molecule has 0 bridgehead atoms. The predicted octanol–water partition coefficient (Wildman–Crippen LogP) is 4.03. The Morgan fingerprint density at radius 3 is 2.40 bits per heavy atom. The Bertz CT molecular complexity index is 1330. The standard InChI is InChI=1S/C25H26ClN3O5S/c1-18(30)34-29(23-8-13-28(14-9-23)22-6-11-27-12-7-22)25(31)10-15-35(32,33)24-5-3-19-16-21(26)4-2-20(19)17-24/h2-7,11-12,16-17,23H,8-10,13-15H2,1H3. The monoisotopic (exact) mass is 515 g/mol. The van der Waals surface area contributed by atoms with Crippen molar-refractivity contribution in [3.05, 3.63) is 65.9 Å². The molecule has 0 aliphatic carbocycles. The van der Waals surface area contributed by atoms with Gasteiger partial charge in [0.2, 0.25) is 0 Å². The maximum atomic E-state index is 13.0. The summed E-state index contributed by atoms with van der Waals surface area (Å²) in [6, 6.07) is 13.5. The number of hydrogen-bond donors (Lipinski definition) is 0. The number of nitrogens with zero attached hydrogens (tertiary/aromatic N) is 3. The van der Waals surface area contributed by atoms with E-state index in [9.17, 15) is 18.0 Å². The van der Waals surface area contributed by atoms with Crippen LogP contribution in [-0.2, 0) is 24.3 Å². The highest BCUT2D eigenvalue weighted by atomic mass is 35.5. The average molecular weight is 516 g/mol. The molecular weight excluding hydrogens is 490 g/mol. The van der Waals surface area contributed by atoms with Crippen LogP contribution in [0.4, 0.5) is 5.69 Å². The Morgan fingerprint density at radius 1 is 1.06 bits per heavy atom. The van der Waals surface area contributed by atoms with Crippen molar-refractivity contribution in [1.29, 1.82) is 0 Å². The first kappa shape index (κ1) is 24.9. The third kappa shape index (κ3) is 6.10. The molecule has 3 aromatic rings. The quantitative estimate of drug-likeness (QED) is 0.457. The number of carbonyl (C=O) groups is 2. The molecule has 10 heteroatoms. The lowest BCUT2D eigenvalue weighted by Gasteiger charge is -2.37. The van der Waals surface area contributed by atoms with Gasteiger partial charge in [0.25, 0.3) is 5.91 Å². The van der Waals surface area contributed by atoms with Gasteiger partial charge < -0.3 is 9.74 Å². The van der Waals surface area contributed by atoms with E-state index in [2.05, 4.69) is 9.88 Å². The van der Waals surface area contributed by atoms with Gasteiger partial charge in [0.05, 0.1) is 16.7 Å². The number of hydroxylamine groups is 2. The molecule has 1 saturated heterocycles. The second kappa shape index (κ2) is 10.6. The molecule has 1 aromatic heterocycles. The van der Waals surface area contributed by atoms with Crippen molar-refractivity contribution in [3.63, 3.8) is 0 Å². The largest absolute Gasteiger partial charge is 0.371 e. The summed E-state index contributed by atoms with van der Waals surface area (Å²) in [6.07, 6.45) is 4.32. The number of benzene rings is 2. The summed E-state index contributed by atoms with van der Waals surface area (Å²) in [7, 11) is -3.73. The Labute approximate surface area is 209 Å². The Balaban J connectivity index is 1.42. The highest BCUT2D eigenvalue weighted by Gasteiger charge is 2.31. The van der Waals surface area contributed by atoms with Crippen molar-refractivity contribution < 1.29 is 22.8 Å². The second-order valence-electron chi connectivity index (χ2n) is 8.45. The van der Waals surface area contributed by atoms with E-state index < -0.39 is 27.5 Å². The lowest BCUT2D eigenvalue weighted by molar-refractivity contribution is -0.207. The van der Waals surface area contributed by atoms with E-state index in [0.29, 0.717) is 31.0 Å². The zero-order valence-corrected chi connectivity index (χ0v) is 20.8. The van der Waals surface area contributed by atoms with Crippen LogP contribution in [0.2, 0.25) is 5.02 Å². The number of anilines is 1. The normalized spacial score (nSPS) is 14.6. The minimum atomic E-state index is -3.73. The van der Waals surface area contributed by atoms with Gasteiger partial charge in [-0.25, -0.2) is 8.42 Å². The predicted molar refractivity (Wildman–Crippen MR) is 134 cm³/mol. The van der Waals surface area contributed by atoms with E-state index in [1.807, 2.05) is 12.1 Å². The fourth-order valence-electron chi connectivity index (χ4n) is 4.22. The number of aromatic nitrogens is 1. The van der Waals surface area contributed by atoms with Gasteiger partial charge in [0.1, 0.15) is 0 Å². The van der Waals surface area contributed by atoms with Crippen molar-refractivity contribution in [2.45, 2.75) is 37.1 Å². The third-order valence-corrected chi connectivity index (χ3v) is 7.96. The molecule has 0 N–H and O–H groups in total. The molecule has 184 valence electrons. The Hall–Kier alpha value is -3.17. The number of pyridine rings is 1. The van der Waals surface area contributed by atoms with Crippen LogP contribution in [0, 0.1) is 0 Å². The van der Waals surface area contributed by atoms with Gasteiger partial charge in [0.15, 0.2) is 9.84 Å². The van der Waals surface area contributed by atoms with Gasteiger partial charge in [0, 0.05) is 49.5 Å². The fourth-order valence-corrected chi connectivity index (χ4v) is 5.66. The fraction of sp³-hybridized carbons (Fsp3) is 0.320. The zero-order chi connectivity index (χ0) is 25.0. The number of rotatable bonds is 6. The molecule has 0 atom stereocenters. The van der Waals surface area contributed by atoms with Gasteiger partial charge >= 0.3 is 5.97 Å². The van der Waals surface area contributed by atoms with Gasteiger partial charge in [-0.3, -0.25) is 14.6 Å². The van der Waals surface area contributed by atoms with Crippen molar-refractivity contribution >= 4 is 49.8 Å². The molecule has 1 aliphatic rings. The van der Waals surface area contributed by atoms with Crippen molar-refractivity contribution in [3.8, 4) is 0 Å². The minimum Gasteiger partial charge on any atom is -0.371 e. The molecule has 2 aromatic carbocycles. The van der Waals surface area contributed by atoms with Crippen LogP contribution < -0.4 is 4.90 Å². The number of sulfone groups is 1. The number of piperidine rings is 1. The minimum absolute atomic E-state index is 0.129. The number of amides is 1. The van der Waals surface area contributed by atoms with Crippen LogP contribution >= 0.6 is 11.6 Å². The second-order valence-corrected chi connectivity index (χ2v) is 11.0. The van der Waals surface area contributed by atoms with E-state index in [1.54, 1.807) is 42.7 Å². The summed E-state index contributed by atoms with van der Waals surface area (Å²) in [6.45, 7) is 2.56. The SMILES string of the molecule is CC(=O)ON(C(=O)CCS(=O)(=O)c1ccc2cc(Cl)ccc2c1)C1CCN(c2ccncc2)CC1. The number of halogens is 1. The van der Waals surface area contributed by atoms with Crippen LogP contribution in [0.1, 0.15) is 26.2 Å². The summed E-state index contributed by atoms with van der Waals surface area (Å²) in [5, 5.41) is 3.20. The molecule has 0 saturated carbocycles. The summed E-state index contributed by atoms with van der Waals surface area (Å²) < 4.78 is 25.9. The van der Waals surface area contributed by atoms with Gasteiger partial charge in [-0.1, -0.05) is 23.7 Å². The molecular formula is C25H26ClN3O5S. The zero-order valence-electron chi connectivity index (χ0n) is 19.3. The van der Waals surface area contributed by atoms with Crippen LogP contribution in [0.3, 0.4) is 0 Å². The van der Waals surface area contributed by atoms with E-state index in [4.69, 9.17) is 16.4 Å². The van der Waals surface area contributed by atoms with Crippen LogP contribution in [0.5, 0.6) is 0 Å². The molecule has 8 nitrogen and oxygen atoms in total. The van der Waals surface area contributed by atoms with E-state index in [0.717, 1.165) is 21.5 Å². The maximum absolute atomic E-state index is 13.0. The molecule has 2 heterocycles. The smallest absolute Gasteiger partial charge is 0.329 e. The topological polar surface area (TPSA) is 96.9 Å². The van der Waals surface area contributed by atoms with E-state index in [-0.39, 0.29) is 17.4 Å². The lowest BCUT2D eigenvalue weighted by atomic mass is 10.0. The first-order valence-corrected chi connectivity index (χ1v) is 13.3. The van der Waals surface area contributed by atoms with Crippen molar-refractivity contribution in [2.24, 2.45) is 0 Å². The summed E-state index contributed by atoms with van der Waals surface area (Å²) in [4.78, 5) is 36.3. The first-order valence-electron chi connectivity index (χ1n) is 11.3. The number of hydrogen-bond acceptors (Lipinski definition) is 7. The van der Waals surface area contributed by atoms with Crippen molar-refractivity contribution in [2.75, 3.05) is 23.7 Å². The van der Waals surface area contributed by atoms with E-state index >= 15 is 0 Å². The average Bonchev–Trinajstić information content (AvgIpc) is 2.86. The third-order valence-electron chi connectivity index (χ3n) is 6.01. The highest BCUT2D eigenvalue weighted by molar-refractivity contribution is 7.91. The lowest BCUT2D eigenvalue weighted by Crippen LogP contribution is -2.48. The van der Waals surface area contributed by atoms with Crippen LogP contribution in [0.25, 0.3) is 10.8 Å². The molecule has 0 unspecified atom stereocenters. The van der Waals surface area contributed by atoms with E-state index in [1.165, 1.54) is 13.0 Å². The van der Waals surface area contributed by atoms with Gasteiger partial charge in [-0.15, -0.1) is 0 Å². The molecule has 1 aliphatic heterocycles. The molecule has 0 radical (unpaired) electrons. The molecule has 1 amide bonds. The summed E-state index contributed by atoms with van der Waals surface area (Å²) >= 11 is 6.00. The molecule has 1 fully saturated rings. The number of fused-ring (bicyclic) bond motifs is 1. The highest BCUT2D eigenvalue weighted by Crippen LogP contribution is 2.25. The van der Waals surface area contributed by atoms with Crippen molar-refractivity contribution in [1.82, 2.24) is 10.0 Å². The first-order chi connectivity index (χ1) is 16.7. The molecule has 4 rings (SSSR count). The van der Waals surface area contributed by atoms with Gasteiger partial charge in [-0.2, -0.15) is 5.06 Å². The van der Waals surface area contributed by atoms with Gasteiger partial charge in [-0.05, 0) is 60.0 Å². The molecule has 35 heavy (non-hydrogen) atoms. The van der Waals surface area contributed by atoms with Crippen LogP contribution in [-0.4, -0.2) is 55.2 Å². The summed E-state index contributed by atoms with van der Waals surface area (Å²) in [5.41, 5.74) is 1.03. The molecule has 0 spiro atoms. The van der Waals surface area contributed by atoms with Crippen LogP contribution in [0.15, 0.2) is 65.8 Å². The summed E-state index contributed by atoms with van der Waals surface area (Å²) in [5.74, 6) is -1.54. The Kier molecular flexibility index (Phi) is 7.57. The maximum Gasteiger partial charge on any atom is 0.329 e.